The summed E-state index contributed by atoms with van der Waals surface area (Å²) in [7, 11) is 0. The largest absolute Gasteiger partial charge is 0.394 e. The lowest BCUT2D eigenvalue weighted by molar-refractivity contribution is -0.384. The number of hydrogen-bond acceptors (Lipinski definition) is 4. The highest BCUT2D eigenvalue weighted by molar-refractivity contribution is 6.33. The van der Waals surface area contributed by atoms with Crippen molar-refractivity contribution in [2.75, 3.05) is 11.9 Å². The second kappa shape index (κ2) is 6.37. The molecule has 1 aromatic rings. The van der Waals surface area contributed by atoms with Gasteiger partial charge in [0.1, 0.15) is 0 Å². The van der Waals surface area contributed by atoms with E-state index in [1.165, 1.54) is 12.1 Å². The number of anilines is 1. The molecule has 0 aliphatic rings. The van der Waals surface area contributed by atoms with Crippen molar-refractivity contribution in [3.05, 3.63) is 45.5 Å². The molecule has 1 rings (SSSR count). The van der Waals surface area contributed by atoms with Gasteiger partial charge in [-0.1, -0.05) is 17.7 Å². The van der Waals surface area contributed by atoms with Crippen molar-refractivity contribution in [1.82, 2.24) is 0 Å². The minimum absolute atomic E-state index is 0.0488. The zero-order chi connectivity index (χ0) is 13.7. The maximum Gasteiger partial charge on any atom is 0.271 e. The Balaban J connectivity index is 3.02. The molecule has 1 aromatic carbocycles. The van der Waals surface area contributed by atoms with Gasteiger partial charge in [-0.25, -0.2) is 0 Å². The fourth-order valence-corrected chi connectivity index (χ4v) is 1.91. The first-order valence-corrected chi connectivity index (χ1v) is 5.80. The van der Waals surface area contributed by atoms with Crippen molar-refractivity contribution >= 4 is 23.0 Å². The Bertz CT molecular complexity index is 440. The highest BCUT2D eigenvalue weighted by Crippen LogP contribution is 2.31. The van der Waals surface area contributed by atoms with E-state index in [0.29, 0.717) is 17.7 Å². The Morgan fingerprint density at radius 2 is 2.33 bits per heavy atom. The first kappa shape index (κ1) is 14.5. The Kier molecular flexibility index (Phi) is 5.12. The van der Waals surface area contributed by atoms with Gasteiger partial charge in [0.15, 0.2) is 0 Å². The van der Waals surface area contributed by atoms with Crippen LogP contribution in [-0.2, 0) is 0 Å². The summed E-state index contributed by atoms with van der Waals surface area (Å²) < 4.78 is 0. The molecule has 6 heteroatoms. The highest BCUT2D eigenvalue weighted by atomic mass is 35.5. The molecule has 0 aromatic heterocycles. The number of nitrogens with one attached hydrogen (secondary N) is 1. The van der Waals surface area contributed by atoms with Crippen LogP contribution in [0.5, 0.6) is 0 Å². The number of aliphatic hydroxyl groups is 1. The van der Waals surface area contributed by atoms with Gasteiger partial charge in [0, 0.05) is 12.1 Å². The zero-order valence-corrected chi connectivity index (χ0v) is 10.8. The van der Waals surface area contributed by atoms with Crippen LogP contribution >= 0.6 is 11.6 Å². The molecule has 0 saturated carbocycles. The Morgan fingerprint density at radius 3 is 2.78 bits per heavy atom. The summed E-state index contributed by atoms with van der Waals surface area (Å²) in [6.07, 6.45) is 2.26. The highest BCUT2D eigenvalue weighted by Gasteiger charge is 2.15. The third-order valence-corrected chi connectivity index (χ3v) is 2.80. The van der Waals surface area contributed by atoms with Gasteiger partial charge in [-0.2, -0.15) is 0 Å². The molecule has 2 N–H and O–H groups in total. The molecule has 0 aliphatic carbocycles. The summed E-state index contributed by atoms with van der Waals surface area (Å²) in [6.45, 7) is 5.25. The molecule has 0 spiro atoms. The molecule has 98 valence electrons. The molecule has 0 heterocycles. The van der Waals surface area contributed by atoms with E-state index in [9.17, 15) is 15.2 Å². The van der Waals surface area contributed by atoms with Crippen molar-refractivity contribution < 1.29 is 10.0 Å². The summed E-state index contributed by atoms with van der Waals surface area (Å²) in [5.74, 6) is 0. The van der Waals surface area contributed by atoms with Crippen molar-refractivity contribution in [2.24, 2.45) is 0 Å². The Morgan fingerprint density at radius 1 is 1.67 bits per heavy atom. The van der Waals surface area contributed by atoms with Crippen LogP contribution in [0.2, 0.25) is 5.02 Å². The number of hydrogen-bond donors (Lipinski definition) is 2. The number of nitrogens with zero attached hydrogens (tertiary/aromatic N) is 1. The van der Waals surface area contributed by atoms with Gasteiger partial charge in [-0.05, 0) is 18.9 Å². The standard InChI is InChI=1S/C12H15ClN2O3/c1-3-4-9(7-16)14-12-8(2)5-10(15(17)18)6-11(12)13/h3,5-6,9,14,16H,1,4,7H2,2H3. The van der Waals surface area contributed by atoms with E-state index >= 15 is 0 Å². The van der Waals surface area contributed by atoms with E-state index in [2.05, 4.69) is 11.9 Å². The maximum absolute atomic E-state index is 10.7. The molecule has 0 aliphatic heterocycles. The molecule has 0 fully saturated rings. The first-order valence-electron chi connectivity index (χ1n) is 5.42. The molecule has 0 radical (unpaired) electrons. The van der Waals surface area contributed by atoms with E-state index in [1.807, 2.05) is 0 Å². The molecule has 1 unspecified atom stereocenters. The second-order valence-corrected chi connectivity index (χ2v) is 4.33. The minimum Gasteiger partial charge on any atom is -0.394 e. The van der Waals surface area contributed by atoms with E-state index in [4.69, 9.17) is 11.6 Å². The van der Waals surface area contributed by atoms with E-state index < -0.39 is 4.92 Å². The van der Waals surface area contributed by atoms with Crippen LogP contribution in [0, 0.1) is 17.0 Å². The van der Waals surface area contributed by atoms with Crippen LogP contribution < -0.4 is 5.32 Å². The fraction of sp³-hybridized carbons (Fsp3) is 0.333. The van der Waals surface area contributed by atoms with Gasteiger partial charge in [0.25, 0.3) is 5.69 Å². The van der Waals surface area contributed by atoms with Crippen molar-refractivity contribution in [3.63, 3.8) is 0 Å². The van der Waals surface area contributed by atoms with Crippen LogP contribution in [0.4, 0.5) is 11.4 Å². The summed E-state index contributed by atoms with van der Waals surface area (Å²) in [4.78, 5) is 10.2. The summed E-state index contributed by atoms with van der Waals surface area (Å²) in [5, 5.41) is 23.2. The molecular weight excluding hydrogens is 256 g/mol. The average Bonchev–Trinajstić information content (AvgIpc) is 2.31. The van der Waals surface area contributed by atoms with E-state index in [-0.39, 0.29) is 23.4 Å². The number of benzene rings is 1. The lowest BCUT2D eigenvalue weighted by Crippen LogP contribution is -2.23. The SMILES string of the molecule is C=CCC(CO)Nc1c(C)cc([N+](=O)[O-])cc1Cl. The van der Waals surface area contributed by atoms with Gasteiger partial charge in [0.2, 0.25) is 0 Å². The molecular formula is C12H15ClN2O3. The normalized spacial score (nSPS) is 11.9. The second-order valence-electron chi connectivity index (χ2n) is 3.92. The molecule has 0 amide bonds. The molecule has 5 nitrogen and oxygen atoms in total. The maximum atomic E-state index is 10.7. The predicted molar refractivity (Wildman–Crippen MR) is 72.2 cm³/mol. The third-order valence-electron chi connectivity index (χ3n) is 2.50. The third kappa shape index (κ3) is 3.45. The Labute approximate surface area is 110 Å². The number of nitro benzene ring substituents is 1. The molecule has 18 heavy (non-hydrogen) atoms. The summed E-state index contributed by atoms with van der Waals surface area (Å²) >= 11 is 6.01. The molecule has 0 bridgehead atoms. The number of non-ortho nitro benzene ring substituents is 1. The van der Waals surface area contributed by atoms with Crippen LogP contribution in [0.1, 0.15) is 12.0 Å². The topological polar surface area (TPSA) is 75.4 Å². The van der Waals surface area contributed by atoms with Crippen LogP contribution in [0.15, 0.2) is 24.8 Å². The number of rotatable bonds is 6. The van der Waals surface area contributed by atoms with Crippen molar-refractivity contribution in [1.29, 1.82) is 0 Å². The van der Waals surface area contributed by atoms with Gasteiger partial charge in [-0.15, -0.1) is 6.58 Å². The molecule has 0 saturated heterocycles. The van der Waals surface area contributed by atoms with E-state index in [1.54, 1.807) is 13.0 Å². The van der Waals surface area contributed by atoms with Gasteiger partial charge in [-0.3, -0.25) is 10.1 Å². The number of aliphatic hydroxyl groups excluding tert-OH is 1. The number of aryl methyl sites for hydroxylation is 1. The minimum atomic E-state index is -0.490. The fourth-order valence-electron chi connectivity index (χ4n) is 1.60. The van der Waals surface area contributed by atoms with Crippen molar-refractivity contribution in [3.8, 4) is 0 Å². The van der Waals surface area contributed by atoms with Gasteiger partial charge >= 0.3 is 0 Å². The van der Waals surface area contributed by atoms with Gasteiger partial charge < -0.3 is 10.4 Å². The molecule has 1 atom stereocenters. The van der Waals surface area contributed by atoms with Crippen LogP contribution in [0.3, 0.4) is 0 Å². The predicted octanol–water partition coefficient (Wildman–Crippen LogP) is 2.91. The average molecular weight is 271 g/mol. The van der Waals surface area contributed by atoms with Gasteiger partial charge in [0.05, 0.1) is 28.3 Å². The lowest BCUT2D eigenvalue weighted by Gasteiger charge is -2.18. The lowest BCUT2D eigenvalue weighted by atomic mass is 10.1. The number of halogens is 1. The van der Waals surface area contributed by atoms with Crippen LogP contribution in [0.25, 0.3) is 0 Å². The smallest absolute Gasteiger partial charge is 0.271 e. The first-order chi connectivity index (χ1) is 8.49. The zero-order valence-electron chi connectivity index (χ0n) is 10.0. The Hall–Kier alpha value is -1.59. The summed E-state index contributed by atoms with van der Waals surface area (Å²) in [5.41, 5.74) is 1.21. The van der Waals surface area contributed by atoms with E-state index in [0.717, 1.165) is 0 Å². The number of nitro groups is 1. The monoisotopic (exact) mass is 270 g/mol. The van der Waals surface area contributed by atoms with Crippen LogP contribution in [-0.4, -0.2) is 22.7 Å². The summed E-state index contributed by atoms with van der Waals surface area (Å²) in [6, 6.07) is 2.52. The van der Waals surface area contributed by atoms with Crippen molar-refractivity contribution in [2.45, 2.75) is 19.4 Å². The quantitative estimate of drug-likeness (QED) is 0.473.